The lowest BCUT2D eigenvalue weighted by atomic mass is 9.95. The SMILES string of the molecule is c1cnc(-c2ccnc(N3CCCC(OC4CCC4)CC3)n2)cn1. The summed E-state index contributed by atoms with van der Waals surface area (Å²) in [6.07, 6.45) is 14.9. The van der Waals surface area contributed by atoms with Crippen molar-refractivity contribution in [3.05, 3.63) is 30.9 Å². The third-order valence-corrected chi connectivity index (χ3v) is 4.86. The predicted octanol–water partition coefficient (Wildman–Crippen LogP) is 2.86. The van der Waals surface area contributed by atoms with E-state index in [9.17, 15) is 0 Å². The van der Waals surface area contributed by atoms with Crippen LogP contribution in [-0.4, -0.2) is 45.2 Å². The van der Waals surface area contributed by atoms with Crippen molar-refractivity contribution in [2.24, 2.45) is 0 Å². The van der Waals surface area contributed by atoms with E-state index in [1.807, 2.05) is 6.07 Å². The van der Waals surface area contributed by atoms with Crippen LogP contribution >= 0.6 is 0 Å². The molecule has 2 aliphatic rings. The smallest absolute Gasteiger partial charge is 0.225 e. The van der Waals surface area contributed by atoms with E-state index < -0.39 is 0 Å². The average Bonchev–Trinajstić information content (AvgIpc) is 2.85. The van der Waals surface area contributed by atoms with E-state index in [-0.39, 0.29) is 0 Å². The molecule has 0 radical (unpaired) electrons. The number of aromatic nitrogens is 4. The maximum atomic E-state index is 6.20. The zero-order chi connectivity index (χ0) is 16.2. The van der Waals surface area contributed by atoms with Gasteiger partial charge in [0, 0.05) is 31.7 Å². The molecule has 6 heteroatoms. The van der Waals surface area contributed by atoms with E-state index in [2.05, 4.69) is 19.9 Å². The number of ether oxygens (including phenoxy) is 1. The van der Waals surface area contributed by atoms with E-state index in [1.54, 1.807) is 24.8 Å². The third-order valence-electron chi connectivity index (χ3n) is 4.86. The normalized spacial score (nSPS) is 22.0. The molecule has 6 nitrogen and oxygen atoms in total. The number of anilines is 1. The van der Waals surface area contributed by atoms with Gasteiger partial charge in [0.15, 0.2) is 0 Å². The van der Waals surface area contributed by atoms with Crippen molar-refractivity contribution in [3.8, 4) is 11.4 Å². The Morgan fingerprint density at radius 3 is 2.54 bits per heavy atom. The summed E-state index contributed by atoms with van der Waals surface area (Å²) in [7, 11) is 0. The Bertz CT molecular complexity index is 661. The van der Waals surface area contributed by atoms with E-state index in [4.69, 9.17) is 9.72 Å². The lowest BCUT2D eigenvalue weighted by Gasteiger charge is -2.30. The highest BCUT2D eigenvalue weighted by Crippen LogP contribution is 2.27. The van der Waals surface area contributed by atoms with E-state index in [0.29, 0.717) is 12.2 Å². The monoisotopic (exact) mass is 325 g/mol. The summed E-state index contributed by atoms with van der Waals surface area (Å²) in [6, 6.07) is 1.88. The molecular formula is C18H23N5O. The Labute approximate surface area is 142 Å². The molecule has 0 aromatic carbocycles. The van der Waals surface area contributed by atoms with Crippen LogP contribution in [0.1, 0.15) is 38.5 Å². The summed E-state index contributed by atoms with van der Waals surface area (Å²) in [4.78, 5) is 19.9. The van der Waals surface area contributed by atoms with Crippen molar-refractivity contribution < 1.29 is 4.74 Å². The zero-order valence-electron chi connectivity index (χ0n) is 13.8. The molecule has 126 valence electrons. The highest BCUT2D eigenvalue weighted by atomic mass is 16.5. The highest BCUT2D eigenvalue weighted by molar-refractivity contribution is 5.54. The van der Waals surface area contributed by atoms with Crippen LogP contribution in [0.25, 0.3) is 11.4 Å². The topological polar surface area (TPSA) is 64.0 Å². The summed E-state index contributed by atoms with van der Waals surface area (Å²) in [6.45, 7) is 1.93. The van der Waals surface area contributed by atoms with Gasteiger partial charge in [-0.15, -0.1) is 0 Å². The molecule has 1 saturated heterocycles. The van der Waals surface area contributed by atoms with Gasteiger partial charge in [0.2, 0.25) is 5.95 Å². The van der Waals surface area contributed by atoms with Gasteiger partial charge in [0.05, 0.1) is 24.1 Å². The molecule has 2 aromatic heterocycles. The Morgan fingerprint density at radius 1 is 0.875 bits per heavy atom. The summed E-state index contributed by atoms with van der Waals surface area (Å²) in [5.41, 5.74) is 1.60. The molecule has 4 rings (SSSR count). The summed E-state index contributed by atoms with van der Waals surface area (Å²) in [5.74, 6) is 0.780. The Hall–Kier alpha value is -2.08. The van der Waals surface area contributed by atoms with Crippen LogP contribution < -0.4 is 4.90 Å². The van der Waals surface area contributed by atoms with Gasteiger partial charge in [0.25, 0.3) is 0 Å². The second-order valence-electron chi connectivity index (χ2n) is 6.56. The van der Waals surface area contributed by atoms with Crippen molar-refractivity contribution in [1.29, 1.82) is 0 Å². The quantitative estimate of drug-likeness (QED) is 0.861. The molecule has 1 atom stereocenters. The van der Waals surface area contributed by atoms with Gasteiger partial charge in [-0.2, -0.15) is 0 Å². The first-order valence-electron chi connectivity index (χ1n) is 8.88. The zero-order valence-corrected chi connectivity index (χ0v) is 13.8. The van der Waals surface area contributed by atoms with Gasteiger partial charge in [-0.1, -0.05) is 0 Å². The first-order valence-corrected chi connectivity index (χ1v) is 8.88. The number of hydrogen-bond acceptors (Lipinski definition) is 6. The number of hydrogen-bond donors (Lipinski definition) is 0. The second kappa shape index (κ2) is 7.21. The summed E-state index contributed by atoms with van der Waals surface area (Å²) >= 11 is 0. The Balaban J connectivity index is 1.43. The molecular weight excluding hydrogens is 302 g/mol. The maximum absolute atomic E-state index is 6.20. The first-order chi connectivity index (χ1) is 11.9. The van der Waals surface area contributed by atoms with Crippen molar-refractivity contribution in [1.82, 2.24) is 19.9 Å². The Morgan fingerprint density at radius 2 is 1.75 bits per heavy atom. The van der Waals surface area contributed by atoms with E-state index in [0.717, 1.165) is 49.7 Å². The third kappa shape index (κ3) is 3.53. The molecule has 3 heterocycles. The van der Waals surface area contributed by atoms with Crippen molar-refractivity contribution in [2.45, 2.75) is 50.7 Å². The van der Waals surface area contributed by atoms with Gasteiger partial charge in [-0.05, 0) is 44.6 Å². The molecule has 24 heavy (non-hydrogen) atoms. The highest BCUT2D eigenvalue weighted by Gasteiger charge is 2.25. The van der Waals surface area contributed by atoms with Crippen LogP contribution in [0.5, 0.6) is 0 Å². The molecule has 1 aliphatic carbocycles. The fraction of sp³-hybridized carbons (Fsp3) is 0.556. The van der Waals surface area contributed by atoms with Gasteiger partial charge in [0.1, 0.15) is 5.69 Å². The van der Waals surface area contributed by atoms with E-state index in [1.165, 1.54) is 19.3 Å². The molecule has 1 unspecified atom stereocenters. The minimum atomic E-state index is 0.392. The predicted molar refractivity (Wildman–Crippen MR) is 91.6 cm³/mol. The van der Waals surface area contributed by atoms with Crippen LogP contribution in [0.4, 0.5) is 5.95 Å². The van der Waals surface area contributed by atoms with Crippen molar-refractivity contribution in [3.63, 3.8) is 0 Å². The van der Waals surface area contributed by atoms with E-state index >= 15 is 0 Å². The fourth-order valence-electron chi connectivity index (χ4n) is 3.26. The molecule has 0 amide bonds. The average molecular weight is 325 g/mol. The van der Waals surface area contributed by atoms with Gasteiger partial charge < -0.3 is 9.64 Å². The second-order valence-corrected chi connectivity index (χ2v) is 6.56. The van der Waals surface area contributed by atoms with Crippen LogP contribution in [0.15, 0.2) is 30.9 Å². The lowest BCUT2D eigenvalue weighted by molar-refractivity contribution is -0.0549. The number of rotatable bonds is 4. The molecule has 0 bridgehead atoms. The summed E-state index contributed by atoms with van der Waals surface area (Å²) < 4.78 is 6.20. The minimum absolute atomic E-state index is 0.392. The fourth-order valence-corrected chi connectivity index (χ4v) is 3.26. The van der Waals surface area contributed by atoms with Crippen molar-refractivity contribution in [2.75, 3.05) is 18.0 Å². The maximum Gasteiger partial charge on any atom is 0.225 e. The Kier molecular flexibility index (Phi) is 4.64. The van der Waals surface area contributed by atoms with Crippen LogP contribution in [-0.2, 0) is 4.74 Å². The van der Waals surface area contributed by atoms with Crippen molar-refractivity contribution >= 4 is 5.95 Å². The van der Waals surface area contributed by atoms with Gasteiger partial charge in [-0.25, -0.2) is 9.97 Å². The summed E-state index contributed by atoms with van der Waals surface area (Å²) in [5, 5.41) is 0. The number of nitrogens with zero attached hydrogens (tertiary/aromatic N) is 5. The largest absolute Gasteiger partial charge is 0.375 e. The lowest BCUT2D eigenvalue weighted by Crippen LogP contribution is -2.30. The first kappa shape index (κ1) is 15.4. The standard InChI is InChI=1S/C18H23N5O/c1-3-14(4-1)24-15-5-2-11-23(12-7-15)18-21-8-6-16(22-18)17-13-19-9-10-20-17/h6,8-10,13-15H,1-5,7,11-12H2. The van der Waals surface area contributed by atoms with Crippen LogP contribution in [0.2, 0.25) is 0 Å². The van der Waals surface area contributed by atoms with Gasteiger partial charge >= 0.3 is 0 Å². The molecule has 0 N–H and O–H groups in total. The minimum Gasteiger partial charge on any atom is -0.375 e. The molecule has 2 aromatic rings. The van der Waals surface area contributed by atoms with Crippen LogP contribution in [0.3, 0.4) is 0 Å². The van der Waals surface area contributed by atoms with Crippen LogP contribution in [0, 0.1) is 0 Å². The molecule has 0 spiro atoms. The molecule has 1 aliphatic heterocycles. The molecule has 1 saturated carbocycles. The molecule has 2 fully saturated rings. The van der Waals surface area contributed by atoms with Gasteiger partial charge in [-0.3, -0.25) is 9.97 Å².